The third-order valence-corrected chi connectivity index (χ3v) is 6.28. The maximum atomic E-state index is 13.3. The van der Waals surface area contributed by atoms with Gasteiger partial charge in [-0.1, -0.05) is 38.0 Å². The van der Waals surface area contributed by atoms with Crippen molar-refractivity contribution in [2.45, 2.75) is 51.5 Å². The lowest BCUT2D eigenvalue weighted by Gasteiger charge is -2.23. The molecule has 0 heterocycles. The zero-order valence-electron chi connectivity index (χ0n) is 16.5. The van der Waals surface area contributed by atoms with Crippen LogP contribution in [0.2, 0.25) is 0 Å². The first kappa shape index (κ1) is 22.0. The summed E-state index contributed by atoms with van der Waals surface area (Å²) in [5.41, 5.74) is 1.98. The fraction of sp³-hybridized carbons (Fsp3) is 0.381. The molecule has 5 nitrogen and oxygen atoms in total. The molecule has 2 aromatic rings. The number of hydrogen-bond donors (Lipinski definition) is 1. The number of unbranched alkanes of at least 4 members (excludes halogenated alkanes) is 2. The SMILES string of the molecule is CCCCCN(Cc1ccc(F)cc1)S(=O)(=O)c1ccc(C)c(NC(C)=O)c1. The van der Waals surface area contributed by atoms with E-state index in [1.54, 1.807) is 31.2 Å². The topological polar surface area (TPSA) is 66.5 Å². The molecule has 0 unspecified atom stereocenters. The van der Waals surface area contributed by atoms with E-state index in [1.165, 1.54) is 29.4 Å². The fourth-order valence-electron chi connectivity index (χ4n) is 2.85. The van der Waals surface area contributed by atoms with Crippen LogP contribution in [-0.2, 0) is 21.4 Å². The molecule has 0 radical (unpaired) electrons. The zero-order chi connectivity index (χ0) is 20.7. The molecule has 7 heteroatoms. The summed E-state index contributed by atoms with van der Waals surface area (Å²) in [5.74, 6) is -0.619. The molecule has 152 valence electrons. The van der Waals surface area contributed by atoms with Gasteiger partial charge < -0.3 is 5.32 Å². The maximum Gasteiger partial charge on any atom is 0.243 e. The van der Waals surface area contributed by atoms with E-state index in [0.29, 0.717) is 12.2 Å². The molecule has 0 aliphatic rings. The number of halogens is 1. The van der Waals surface area contributed by atoms with Crippen LogP contribution in [0.5, 0.6) is 0 Å². The molecule has 1 amide bonds. The first-order valence-electron chi connectivity index (χ1n) is 9.37. The quantitative estimate of drug-likeness (QED) is 0.625. The molecule has 0 aromatic heterocycles. The molecule has 0 aliphatic heterocycles. The first-order chi connectivity index (χ1) is 13.2. The molecule has 0 saturated carbocycles. The minimum Gasteiger partial charge on any atom is -0.326 e. The van der Waals surface area contributed by atoms with Crippen LogP contribution in [0.25, 0.3) is 0 Å². The standard InChI is InChI=1S/C21H27FN2O3S/c1-4-5-6-13-24(15-18-8-10-19(22)11-9-18)28(26,27)20-12-7-16(2)21(14-20)23-17(3)25/h7-12,14H,4-6,13,15H2,1-3H3,(H,23,25). The summed E-state index contributed by atoms with van der Waals surface area (Å²) < 4.78 is 41.2. The number of rotatable bonds is 9. The normalized spacial score (nSPS) is 11.6. The van der Waals surface area contributed by atoms with E-state index >= 15 is 0 Å². The van der Waals surface area contributed by atoms with Crippen molar-refractivity contribution in [3.05, 3.63) is 59.4 Å². The molecule has 28 heavy (non-hydrogen) atoms. The number of hydrogen-bond acceptors (Lipinski definition) is 3. The number of anilines is 1. The van der Waals surface area contributed by atoms with Crippen molar-refractivity contribution in [2.24, 2.45) is 0 Å². The monoisotopic (exact) mass is 406 g/mol. The predicted octanol–water partition coefficient (Wildman–Crippen LogP) is 4.47. The van der Waals surface area contributed by atoms with Crippen LogP contribution in [0.3, 0.4) is 0 Å². The summed E-state index contributed by atoms with van der Waals surface area (Å²) in [6.07, 6.45) is 2.63. The Morgan fingerprint density at radius 2 is 1.79 bits per heavy atom. The van der Waals surface area contributed by atoms with Gasteiger partial charge in [-0.15, -0.1) is 0 Å². The van der Waals surface area contributed by atoms with Crippen molar-refractivity contribution in [1.29, 1.82) is 0 Å². The number of amides is 1. The van der Waals surface area contributed by atoms with E-state index in [-0.39, 0.29) is 23.2 Å². The number of nitrogens with one attached hydrogen (secondary N) is 1. The van der Waals surface area contributed by atoms with Gasteiger partial charge in [-0.2, -0.15) is 4.31 Å². The lowest BCUT2D eigenvalue weighted by molar-refractivity contribution is -0.114. The highest BCUT2D eigenvalue weighted by Gasteiger charge is 2.25. The van der Waals surface area contributed by atoms with Crippen LogP contribution >= 0.6 is 0 Å². The third kappa shape index (κ3) is 5.87. The second-order valence-corrected chi connectivity index (χ2v) is 8.77. The summed E-state index contributed by atoms with van der Waals surface area (Å²) in [7, 11) is -3.78. The molecular formula is C21H27FN2O3S. The van der Waals surface area contributed by atoms with Crippen molar-refractivity contribution in [3.8, 4) is 0 Å². The Balaban J connectivity index is 2.36. The van der Waals surface area contributed by atoms with Crippen molar-refractivity contribution < 1.29 is 17.6 Å². The average molecular weight is 407 g/mol. The van der Waals surface area contributed by atoms with E-state index in [1.807, 2.05) is 0 Å². The Labute approximate surface area is 166 Å². The Hall–Kier alpha value is -2.25. The molecule has 0 bridgehead atoms. The Morgan fingerprint density at radius 1 is 1.11 bits per heavy atom. The minimum absolute atomic E-state index is 0.125. The zero-order valence-corrected chi connectivity index (χ0v) is 17.4. The average Bonchev–Trinajstić information content (AvgIpc) is 2.64. The van der Waals surface area contributed by atoms with Crippen molar-refractivity contribution in [3.63, 3.8) is 0 Å². The summed E-state index contributed by atoms with van der Waals surface area (Å²) in [6.45, 7) is 5.77. The van der Waals surface area contributed by atoms with E-state index < -0.39 is 10.0 Å². The van der Waals surface area contributed by atoms with Gasteiger partial charge in [0.1, 0.15) is 5.82 Å². The summed E-state index contributed by atoms with van der Waals surface area (Å²) >= 11 is 0. The van der Waals surface area contributed by atoms with E-state index in [9.17, 15) is 17.6 Å². The van der Waals surface area contributed by atoms with E-state index in [0.717, 1.165) is 30.4 Å². The molecule has 1 N–H and O–H groups in total. The van der Waals surface area contributed by atoms with Gasteiger partial charge in [-0.05, 0) is 48.7 Å². The molecule has 0 fully saturated rings. The lowest BCUT2D eigenvalue weighted by atomic mass is 10.2. The Morgan fingerprint density at radius 3 is 2.39 bits per heavy atom. The van der Waals surface area contributed by atoms with Gasteiger partial charge in [0.05, 0.1) is 4.90 Å². The number of aryl methyl sites for hydroxylation is 1. The molecule has 0 aliphatic carbocycles. The van der Waals surface area contributed by atoms with Gasteiger partial charge in [0.2, 0.25) is 15.9 Å². The van der Waals surface area contributed by atoms with Gasteiger partial charge in [-0.3, -0.25) is 4.79 Å². The fourth-order valence-corrected chi connectivity index (χ4v) is 4.34. The molecule has 2 rings (SSSR count). The highest BCUT2D eigenvalue weighted by molar-refractivity contribution is 7.89. The van der Waals surface area contributed by atoms with Crippen LogP contribution in [0, 0.1) is 12.7 Å². The first-order valence-corrected chi connectivity index (χ1v) is 10.8. The third-order valence-electron chi connectivity index (χ3n) is 4.44. The van der Waals surface area contributed by atoms with Gasteiger partial charge in [0.25, 0.3) is 0 Å². The van der Waals surface area contributed by atoms with Crippen LogP contribution in [0.1, 0.15) is 44.2 Å². The highest BCUT2D eigenvalue weighted by Crippen LogP contribution is 2.25. The predicted molar refractivity (Wildman–Crippen MR) is 109 cm³/mol. The van der Waals surface area contributed by atoms with Crippen LogP contribution < -0.4 is 5.32 Å². The number of carbonyl (C=O) groups excluding carboxylic acids is 1. The number of carbonyl (C=O) groups is 1. The van der Waals surface area contributed by atoms with Crippen molar-refractivity contribution in [2.75, 3.05) is 11.9 Å². The van der Waals surface area contributed by atoms with Crippen molar-refractivity contribution >= 4 is 21.6 Å². The van der Waals surface area contributed by atoms with Crippen LogP contribution in [0.15, 0.2) is 47.4 Å². The second-order valence-electron chi connectivity index (χ2n) is 6.83. The molecular weight excluding hydrogens is 379 g/mol. The second kappa shape index (κ2) is 9.80. The number of sulfonamides is 1. The van der Waals surface area contributed by atoms with Crippen LogP contribution in [0.4, 0.5) is 10.1 Å². The number of benzene rings is 2. The van der Waals surface area contributed by atoms with Gasteiger partial charge >= 0.3 is 0 Å². The summed E-state index contributed by atoms with van der Waals surface area (Å²) in [6, 6.07) is 10.6. The minimum atomic E-state index is -3.78. The Kier molecular flexibility index (Phi) is 7.71. The Bertz CT molecular complexity index is 912. The van der Waals surface area contributed by atoms with Gasteiger partial charge in [-0.25, -0.2) is 12.8 Å². The van der Waals surface area contributed by atoms with Crippen molar-refractivity contribution in [1.82, 2.24) is 4.31 Å². The molecule has 0 saturated heterocycles. The summed E-state index contributed by atoms with van der Waals surface area (Å²) in [4.78, 5) is 11.5. The van der Waals surface area contributed by atoms with E-state index in [4.69, 9.17) is 0 Å². The smallest absolute Gasteiger partial charge is 0.243 e. The van der Waals surface area contributed by atoms with Gasteiger partial charge in [0, 0.05) is 25.7 Å². The highest BCUT2D eigenvalue weighted by atomic mass is 32.2. The molecule has 2 aromatic carbocycles. The lowest BCUT2D eigenvalue weighted by Crippen LogP contribution is -2.31. The van der Waals surface area contributed by atoms with Gasteiger partial charge in [0.15, 0.2) is 0 Å². The maximum absolute atomic E-state index is 13.3. The largest absolute Gasteiger partial charge is 0.326 e. The molecule has 0 spiro atoms. The van der Waals surface area contributed by atoms with E-state index in [2.05, 4.69) is 12.2 Å². The summed E-state index contributed by atoms with van der Waals surface area (Å²) in [5, 5.41) is 2.67. The molecule has 0 atom stereocenters. The van der Waals surface area contributed by atoms with Crippen LogP contribution in [-0.4, -0.2) is 25.2 Å². The number of nitrogens with zero attached hydrogens (tertiary/aromatic N) is 1.